The van der Waals surface area contributed by atoms with Crippen LogP contribution in [0.5, 0.6) is 0 Å². The average Bonchev–Trinajstić information content (AvgIpc) is 2.29. The van der Waals surface area contributed by atoms with E-state index in [-0.39, 0.29) is 0 Å². The van der Waals surface area contributed by atoms with Gasteiger partial charge in [-0.15, -0.1) is 0 Å². The summed E-state index contributed by atoms with van der Waals surface area (Å²) in [6, 6.07) is 3.41. The van der Waals surface area contributed by atoms with Crippen LogP contribution in [0.1, 0.15) is 36.5 Å². The molecule has 0 N–H and O–H groups in total. The minimum Gasteiger partial charge on any atom is -0.367 e. The van der Waals surface area contributed by atoms with Gasteiger partial charge in [0.1, 0.15) is 17.2 Å². The normalized spacial score (nSPS) is 24.6. The van der Waals surface area contributed by atoms with E-state index < -0.39 is 28.6 Å². The summed E-state index contributed by atoms with van der Waals surface area (Å²) in [5.41, 5.74) is -1.58. The van der Waals surface area contributed by atoms with Crippen molar-refractivity contribution in [2.45, 2.75) is 31.8 Å². The van der Waals surface area contributed by atoms with Crippen LogP contribution in [0.15, 0.2) is 18.2 Å². The van der Waals surface area contributed by atoms with E-state index in [4.69, 9.17) is 4.74 Å². The van der Waals surface area contributed by atoms with E-state index in [0.29, 0.717) is 13.0 Å². The lowest BCUT2D eigenvalue weighted by atomic mass is 9.87. The smallest absolute Gasteiger partial charge is 0.200 e. The van der Waals surface area contributed by atoms with Crippen LogP contribution in [0.3, 0.4) is 0 Å². The van der Waals surface area contributed by atoms with Gasteiger partial charge in [0, 0.05) is 6.61 Å². The fourth-order valence-electron chi connectivity index (χ4n) is 2.09. The average molecular weight is 240 g/mol. The molecule has 0 aromatic heterocycles. The molecule has 92 valence electrons. The summed E-state index contributed by atoms with van der Waals surface area (Å²) in [5, 5.41) is 0. The van der Waals surface area contributed by atoms with Crippen molar-refractivity contribution in [2.75, 3.05) is 6.61 Å². The molecule has 0 saturated carbocycles. The van der Waals surface area contributed by atoms with Crippen molar-refractivity contribution in [3.63, 3.8) is 0 Å². The van der Waals surface area contributed by atoms with Crippen LogP contribution < -0.4 is 0 Å². The van der Waals surface area contributed by atoms with Crippen molar-refractivity contribution < 1.29 is 18.3 Å². The van der Waals surface area contributed by atoms with Gasteiger partial charge in [0.15, 0.2) is 5.78 Å². The molecule has 1 fully saturated rings. The van der Waals surface area contributed by atoms with Gasteiger partial charge in [-0.25, -0.2) is 8.78 Å². The maximum atomic E-state index is 13.5. The van der Waals surface area contributed by atoms with Crippen molar-refractivity contribution in [3.8, 4) is 0 Å². The molecule has 0 spiro atoms. The lowest BCUT2D eigenvalue weighted by Crippen LogP contribution is -2.42. The molecule has 1 aromatic rings. The van der Waals surface area contributed by atoms with Crippen LogP contribution in [0.25, 0.3) is 0 Å². The predicted molar refractivity (Wildman–Crippen MR) is 58.9 cm³/mol. The number of hydrogen-bond acceptors (Lipinski definition) is 2. The standard InChI is InChI=1S/C13H14F2O2/c1-13(7-2-3-8-17-13)12(16)11-9(14)5-4-6-10(11)15/h4-6H,2-3,7-8H2,1H3. The Balaban J connectivity index is 2.36. The van der Waals surface area contributed by atoms with E-state index >= 15 is 0 Å². The fourth-order valence-corrected chi connectivity index (χ4v) is 2.09. The van der Waals surface area contributed by atoms with E-state index in [1.54, 1.807) is 6.92 Å². The van der Waals surface area contributed by atoms with Crippen LogP contribution in [-0.2, 0) is 4.74 Å². The Morgan fingerprint density at radius 3 is 2.47 bits per heavy atom. The topological polar surface area (TPSA) is 26.3 Å². The third kappa shape index (κ3) is 2.22. The molecule has 2 nitrogen and oxygen atoms in total. The van der Waals surface area contributed by atoms with Crippen molar-refractivity contribution in [2.24, 2.45) is 0 Å². The Morgan fingerprint density at radius 1 is 1.29 bits per heavy atom. The quantitative estimate of drug-likeness (QED) is 0.742. The minimum atomic E-state index is -1.10. The number of ether oxygens (including phenoxy) is 1. The maximum Gasteiger partial charge on any atom is 0.200 e. The molecular weight excluding hydrogens is 226 g/mol. The summed E-state index contributed by atoms with van der Waals surface area (Å²) in [5.74, 6) is -2.26. The van der Waals surface area contributed by atoms with Crippen LogP contribution in [0, 0.1) is 11.6 Å². The Bertz CT molecular complexity index is 417. The Kier molecular flexibility index (Phi) is 3.24. The number of benzene rings is 1. The van der Waals surface area contributed by atoms with Gasteiger partial charge >= 0.3 is 0 Å². The molecule has 1 aliphatic rings. The van der Waals surface area contributed by atoms with Gasteiger partial charge in [0.25, 0.3) is 0 Å². The molecule has 1 saturated heterocycles. The zero-order valence-electron chi connectivity index (χ0n) is 9.63. The molecule has 2 rings (SSSR count). The maximum absolute atomic E-state index is 13.5. The summed E-state index contributed by atoms with van der Waals surface area (Å²) in [6.45, 7) is 2.05. The number of carbonyl (C=O) groups is 1. The van der Waals surface area contributed by atoms with E-state index in [9.17, 15) is 13.6 Å². The molecule has 1 unspecified atom stereocenters. The summed E-state index contributed by atoms with van der Waals surface area (Å²) in [7, 11) is 0. The molecule has 0 radical (unpaired) electrons. The largest absolute Gasteiger partial charge is 0.367 e. The Labute approximate surface area is 98.6 Å². The highest BCUT2D eigenvalue weighted by molar-refractivity contribution is 6.02. The Hall–Kier alpha value is -1.29. The van der Waals surface area contributed by atoms with Gasteiger partial charge in [0.2, 0.25) is 0 Å². The molecular formula is C13H14F2O2. The molecule has 1 heterocycles. The van der Waals surface area contributed by atoms with Crippen LogP contribution in [0.2, 0.25) is 0 Å². The number of Topliss-reactive ketones (excluding diaryl/α,β-unsaturated/α-hetero) is 1. The van der Waals surface area contributed by atoms with Gasteiger partial charge in [-0.05, 0) is 38.3 Å². The molecule has 0 amide bonds. The number of halogens is 2. The van der Waals surface area contributed by atoms with Crippen molar-refractivity contribution in [1.29, 1.82) is 0 Å². The third-order valence-corrected chi connectivity index (χ3v) is 3.14. The van der Waals surface area contributed by atoms with Crippen molar-refractivity contribution in [3.05, 3.63) is 35.4 Å². The minimum absolute atomic E-state index is 0.457. The van der Waals surface area contributed by atoms with Crippen molar-refractivity contribution >= 4 is 5.78 Å². The first-order valence-electron chi connectivity index (χ1n) is 5.67. The monoisotopic (exact) mass is 240 g/mol. The second-order valence-electron chi connectivity index (χ2n) is 4.46. The van der Waals surface area contributed by atoms with Crippen LogP contribution in [-0.4, -0.2) is 18.0 Å². The SMILES string of the molecule is CC1(C(=O)c2c(F)cccc2F)CCCCO1. The number of ketones is 1. The first-order valence-corrected chi connectivity index (χ1v) is 5.67. The predicted octanol–water partition coefficient (Wildman–Crippen LogP) is 3.11. The molecule has 1 atom stereocenters. The highest BCUT2D eigenvalue weighted by Crippen LogP contribution is 2.30. The molecule has 1 aromatic carbocycles. The first kappa shape index (κ1) is 12.2. The van der Waals surface area contributed by atoms with Gasteiger partial charge < -0.3 is 4.74 Å². The summed E-state index contributed by atoms with van der Waals surface area (Å²) in [4.78, 5) is 12.2. The van der Waals surface area contributed by atoms with Gasteiger partial charge in [-0.2, -0.15) is 0 Å². The summed E-state index contributed by atoms with van der Waals surface area (Å²) < 4.78 is 32.4. The number of hydrogen-bond donors (Lipinski definition) is 0. The van der Waals surface area contributed by atoms with E-state index in [0.717, 1.165) is 25.0 Å². The van der Waals surface area contributed by atoms with E-state index in [1.807, 2.05) is 0 Å². The summed E-state index contributed by atoms with van der Waals surface area (Å²) >= 11 is 0. The van der Waals surface area contributed by atoms with Gasteiger partial charge in [0.05, 0.1) is 5.56 Å². The first-order chi connectivity index (χ1) is 8.04. The van der Waals surface area contributed by atoms with Crippen LogP contribution >= 0.6 is 0 Å². The van der Waals surface area contributed by atoms with E-state index in [2.05, 4.69) is 0 Å². The highest BCUT2D eigenvalue weighted by atomic mass is 19.1. The van der Waals surface area contributed by atoms with Crippen molar-refractivity contribution in [1.82, 2.24) is 0 Å². The van der Waals surface area contributed by atoms with Gasteiger partial charge in [-0.1, -0.05) is 6.07 Å². The lowest BCUT2D eigenvalue weighted by molar-refractivity contribution is -0.0430. The number of rotatable bonds is 2. The fraction of sp³-hybridized carbons (Fsp3) is 0.462. The third-order valence-electron chi connectivity index (χ3n) is 3.14. The van der Waals surface area contributed by atoms with Crippen LogP contribution in [0.4, 0.5) is 8.78 Å². The second-order valence-corrected chi connectivity index (χ2v) is 4.46. The lowest BCUT2D eigenvalue weighted by Gasteiger charge is -2.32. The second kappa shape index (κ2) is 4.53. The van der Waals surface area contributed by atoms with Gasteiger partial charge in [-0.3, -0.25) is 4.79 Å². The number of carbonyl (C=O) groups excluding carboxylic acids is 1. The molecule has 17 heavy (non-hydrogen) atoms. The molecule has 0 aliphatic carbocycles. The zero-order valence-corrected chi connectivity index (χ0v) is 9.63. The van der Waals surface area contributed by atoms with E-state index in [1.165, 1.54) is 6.07 Å². The molecule has 0 bridgehead atoms. The molecule has 4 heteroatoms. The highest BCUT2D eigenvalue weighted by Gasteiger charge is 2.39. The zero-order chi connectivity index (χ0) is 12.5. The Morgan fingerprint density at radius 2 is 1.94 bits per heavy atom. The summed E-state index contributed by atoms with van der Waals surface area (Å²) in [6.07, 6.45) is 2.21. The molecule has 1 aliphatic heterocycles.